The maximum atomic E-state index is 12.5. The highest BCUT2D eigenvalue weighted by molar-refractivity contribution is 5.92. The fraction of sp³-hybridized carbons (Fsp3) is 0.476. The van der Waals surface area contributed by atoms with Crippen LogP contribution in [0.1, 0.15) is 25.1 Å². The number of aryl methyl sites for hydroxylation is 1. The first-order valence-corrected chi connectivity index (χ1v) is 9.98. The third kappa shape index (κ3) is 5.42. The number of carbonyl (C=O) groups excluding carboxylic acids is 2. The van der Waals surface area contributed by atoms with E-state index in [4.69, 9.17) is 0 Å². The van der Waals surface area contributed by atoms with Crippen LogP contribution in [0.3, 0.4) is 0 Å². The van der Waals surface area contributed by atoms with Crippen LogP contribution in [-0.4, -0.2) is 64.1 Å². The van der Waals surface area contributed by atoms with Crippen molar-refractivity contribution in [2.45, 2.75) is 33.2 Å². The number of aromatic nitrogens is 2. The van der Waals surface area contributed by atoms with Crippen LogP contribution in [-0.2, 0) is 29.0 Å². The van der Waals surface area contributed by atoms with Gasteiger partial charge in [-0.15, -0.1) is 0 Å². The lowest BCUT2D eigenvalue weighted by Gasteiger charge is -2.34. The Morgan fingerprint density at radius 1 is 0.964 bits per heavy atom. The zero-order valence-corrected chi connectivity index (χ0v) is 16.7. The standard InChI is InChI=1S/C21H29N5O2/c1-3-24-11-13-25(14-12-24)21(28)15-17-5-7-18(8-6-17)22-20(27)16-19-9-10-26(4-2)23-19/h5-10H,3-4,11-16H2,1-2H3,(H,22,27). The van der Waals surface area contributed by atoms with Crippen molar-refractivity contribution in [3.05, 3.63) is 47.8 Å². The van der Waals surface area contributed by atoms with Gasteiger partial charge in [0.05, 0.1) is 18.5 Å². The van der Waals surface area contributed by atoms with Crippen LogP contribution in [0.5, 0.6) is 0 Å². The molecule has 150 valence electrons. The quantitative estimate of drug-likeness (QED) is 0.791. The van der Waals surface area contributed by atoms with E-state index in [1.807, 2.05) is 48.4 Å². The van der Waals surface area contributed by atoms with E-state index in [9.17, 15) is 9.59 Å². The summed E-state index contributed by atoms with van der Waals surface area (Å²) in [5.41, 5.74) is 2.44. The van der Waals surface area contributed by atoms with Gasteiger partial charge in [0.2, 0.25) is 11.8 Å². The van der Waals surface area contributed by atoms with Crippen molar-refractivity contribution in [2.24, 2.45) is 0 Å². The summed E-state index contributed by atoms with van der Waals surface area (Å²) in [6.07, 6.45) is 2.52. The van der Waals surface area contributed by atoms with Crippen molar-refractivity contribution < 1.29 is 9.59 Å². The Bertz CT molecular complexity index is 791. The van der Waals surface area contributed by atoms with Crippen molar-refractivity contribution in [2.75, 3.05) is 38.0 Å². The van der Waals surface area contributed by atoms with Crippen LogP contribution in [0, 0.1) is 0 Å². The average Bonchev–Trinajstić information content (AvgIpc) is 3.17. The third-order valence-electron chi connectivity index (χ3n) is 5.13. The van der Waals surface area contributed by atoms with Gasteiger partial charge in [-0.1, -0.05) is 19.1 Å². The van der Waals surface area contributed by atoms with Gasteiger partial charge in [0.1, 0.15) is 0 Å². The van der Waals surface area contributed by atoms with E-state index in [1.54, 1.807) is 4.68 Å². The maximum Gasteiger partial charge on any atom is 0.230 e. The molecule has 0 unspecified atom stereocenters. The molecule has 2 amide bonds. The smallest absolute Gasteiger partial charge is 0.230 e. The van der Waals surface area contributed by atoms with Gasteiger partial charge in [-0.3, -0.25) is 14.3 Å². The largest absolute Gasteiger partial charge is 0.340 e. The summed E-state index contributed by atoms with van der Waals surface area (Å²) in [6, 6.07) is 9.36. The molecule has 1 aromatic carbocycles. The monoisotopic (exact) mass is 383 g/mol. The van der Waals surface area contributed by atoms with Gasteiger partial charge in [-0.05, 0) is 37.2 Å². The molecule has 1 aromatic heterocycles. The molecule has 0 spiro atoms. The van der Waals surface area contributed by atoms with Gasteiger partial charge in [0, 0.05) is 44.6 Å². The molecule has 3 rings (SSSR count). The van der Waals surface area contributed by atoms with Crippen molar-refractivity contribution in [1.29, 1.82) is 0 Å². The highest BCUT2D eigenvalue weighted by atomic mass is 16.2. The molecule has 2 heterocycles. The molecule has 0 aliphatic carbocycles. The van der Waals surface area contributed by atoms with Gasteiger partial charge < -0.3 is 15.1 Å². The van der Waals surface area contributed by atoms with Gasteiger partial charge in [0.25, 0.3) is 0 Å². The number of anilines is 1. The molecule has 1 saturated heterocycles. The molecule has 1 aliphatic heterocycles. The Kier molecular flexibility index (Phi) is 6.81. The van der Waals surface area contributed by atoms with E-state index >= 15 is 0 Å². The molecule has 0 bridgehead atoms. The Balaban J connectivity index is 1.47. The van der Waals surface area contributed by atoms with Crippen LogP contribution in [0.4, 0.5) is 5.69 Å². The highest BCUT2D eigenvalue weighted by Crippen LogP contribution is 2.12. The topological polar surface area (TPSA) is 70.5 Å². The molecule has 28 heavy (non-hydrogen) atoms. The molecular formula is C21H29N5O2. The number of nitrogens with zero attached hydrogens (tertiary/aromatic N) is 4. The van der Waals surface area contributed by atoms with E-state index < -0.39 is 0 Å². The minimum Gasteiger partial charge on any atom is -0.340 e. The van der Waals surface area contributed by atoms with Crippen LogP contribution < -0.4 is 5.32 Å². The number of benzene rings is 1. The Hall–Kier alpha value is -2.67. The molecule has 1 N–H and O–H groups in total. The predicted molar refractivity (Wildman–Crippen MR) is 109 cm³/mol. The lowest BCUT2D eigenvalue weighted by atomic mass is 10.1. The first-order chi connectivity index (χ1) is 13.6. The van der Waals surface area contributed by atoms with Crippen LogP contribution in [0.25, 0.3) is 0 Å². The Labute approximate surface area is 166 Å². The van der Waals surface area contributed by atoms with E-state index in [0.29, 0.717) is 6.42 Å². The molecule has 7 nitrogen and oxygen atoms in total. The normalized spacial score (nSPS) is 14.9. The fourth-order valence-electron chi connectivity index (χ4n) is 3.35. The molecule has 1 aliphatic rings. The number of amides is 2. The van der Waals surface area contributed by atoms with Crippen LogP contribution in [0.15, 0.2) is 36.5 Å². The second kappa shape index (κ2) is 9.50. The Morgan fingerprint density at radius 2 is 1.68 bits per heavy atom. The first kappa shape index (κ1) is 20.1. The number of hydrogen-bond acceptors (Lipinski definition) is 4. The second-order valence-corrected chi connectivity index (χ2v) is 7.08. The fourth-order valence-corrected chi connectivity index (χ4v) is 3.35. The highest BCUT2D eigenvalue weighted by Gasteiger charge is 2.20. The minimum atomic E-state index is -0.0982. The molecule has 1 fully saturated rings. The maximum absolute atomic E-state index is 12.5. The zero-order chi connectivity index (χ0) is 19.9. The van der Waals surface area contributed by atoms with Crippen LogP contribution in [0.2, 0.25) is 0 Å². The second-order valence-electron chi connectivity index (χ2n) is 7.08. The molecule has 2 aromatic rings. The number of nitrogens with one attached hydrogen (secondary N) is 1. The van der Waals surface area contributed by atoms with Gasteiger partial charge in [0.15, 0.2) is 0 Å². The third-order valence-corrected chi connectivity index (χ3v) is 5.13. The minimum absolute atomic E-state index is 0.0982. The van der Waals surface area contributed by atoms with E-state index in [1.165, 1.54) is 0 Å². The number of hydrogen-bond donors (Lipinski definition) is 1. The lowest BCUT2D eigenvalue weighted by Crippen LogP contribution is -2.48. The summed E-state index contributed by atoms with van der Waals surface area (Å²) in [4.78, 5) is 29.0. The molecular weight excluding hydrogens is 354 g/mol. The average molecular weight is 383 g/mol. The predicted octanol–water partition coefficient (Wildman–Crippen LogP) is 1.79. The van der Waals surface area contributed by atoms with Gasteiger partial charge >= 0.3 is 0 Å². The number of likely N-dealkylation sites (N-methyl/N-ethyl adjacent to an activating group) is 1. The summed E-state index contributed by atoms with van der Waals surface area (Å²) in [5.74, 6) is 0.0676. The summed E-state index contributed by atoms with van der Waals surface area (Å²) in [5, 5.41) is 7.21. The van der Waals surface area contributed by atoms with E-state index in [-0.39, 0.29) is 18.2 Å². The van der Waals surface area contributed by atoms with Crippen molar-refractivity contribution in [3.8, 4) is 0 Å². The lowest BCUT2D eigenvalue weighted by molar-refractivity contribution is -0.132. The van der Waals surface area contributed by atoms with Gasteiger partial charge in [-0.2, -0.15) is 5.10 Å². The number of rotatable bonds is 7. The first-order valence-electron chi connectivity index (χ1n) is 9.98. The van der Waals surface area contributed by atoms with Crippen molar-refractivity contribution >= 4 is 17.5 Å². The van der Waals surface area contributed by atoms with E-state index in [2.05, 4.69) is 22.2 Å². The number of carbonyl (C=O) groups is 2. The molecule has 0 radical (unpaired) electrons. The summed E-state index contributed by atoms with van der Waals surface area (Å²) < 4.78 is 1.80. The van der Waals surface area contributed by atoms with Crippen molar-refractivity contribution in [3.63, 3.8) is 0 Å². The SMILES string of the molecule is CCN1CCN(C(=O)Cc2ccc(NC(=O)Cc3ccn(CC)n3)cc2)CC1. The molecule has 0 atom stereocenters. The van der Waals surface area contributed by atoms with Crippen molar-refractivity contribution in [1.82, 2.24) is 19.6 Å². The van der Waals surface area contributed by atoms with E-state index in [0.717, 1.165) is 56.2 Å². The Morgan fingerprint density at radius 3 is 2.29 bits per heavy atom. The number of piperazine rings is 1. The molecule has 7 heteroatoms. The summed E-state index contributed by atoms with van der Waals surface area (Å²) in [7, 11) is 0. The molecule has 0 saturated carbocycles. The summed E-state index contributed by atoms with van der Waals surface area (Å²) in [6.45, 7) is 9.48. The van der Waals surface area contributed by atoms with Gasteiger partial charge in [-0.25, -0.2) is 0 Å². The van der Waals surface area contributed by atoms with Crippen LogP contribution >= 0.6 is 0 Å². The summed E-state index contributed by atoms with van der Waals surface area (Å²) >= 11 is 0. The zero-order valence-electron chi connectivity index (χ0n) is 16.7.